The number of hydrogen-bond acceptors (Lipinski definition) is 4. The van der Waals surface area contributed by atoms with E-state index in [2.05, 4.69) is 40.2 Å². The average molecular weight is 406 g/mol. The van der Waals surface area contributed by atoms with Gasteiger partial charge in [-0.2, -0.15) is 0 Å². The predicted octanol–water partition coefficient (Wildman–Crippen LogP) is 3.35. The largest absolute Gasteiger partial charge is 0.378 e. The summed E-state index contributed by atoms with van der Waals surface area (Å²) in [5, 5.41) is 0. The maximum atomic E-state index is 12.9. The van der Waals surface area contributed by atoms with Gasteiger partial charge >= 0.3 is 0 Å². The monoisotopic (exact) mass is 405 g/mol. The molecule has 0 unspecified atom stereocenters. The van der Waals surface area contributed by atoms with Crippen LogP contribution in [-0.2, 0) is 21.5 Å². The molecule has 1 spiro atoms. The van der Waals surface area contributed by atoms with Gasteiger partial charge in [0.05, 0.1) is 13.2 Å². The van der Waals surface area contributed by atoms with Crippen molar-refractivity contribution in [1.29, 1.82) is 0 Å². The molecule has 2 fully saturated rings. The number of amides is 1. The lowest BCUT2D eigenvalue weighted by Gasteiger charge is -2.40. The Morgan fingerprint density at radius 3 is 2.63 bits per heavy atom. The molecule has 0 N–H and O–H groups in total. The zero-order valence-electron chi connectivity index (χ0n) is 17.6. The van der Waals surface area contributed by atoms with Crippen molar-refractivity contribution in [3.63, 3.8) is 0 Å². The summed E-state index contributed by atoms with van der Waals surface area (Å²) in [6.45, 7) is 6.00. The topological polar surface area (TPSA) is 45.7 Å². The Hall–Kier alpha value is -2.24. The summed E-state index contributed by atoms with van der Waals surface area (Å²) in [6, 6.07) is 13.1. The van der Waals surface area contributed by atoms with E-state index in [9.17, 15) is 4.79 Å². The summed E-state index contributed by atoms with van der Waals surface area (Å²) in [4.78, 5) is 21.7. The first-order valence-electron chi connectivity index (χ1n) is 11.3. The van der Waals surface area contributed by atoms with E-state index in [-0.39, 0.29) is 5.41 Å². The highest BCUT2D eigenvalue weighted by Gasteiger charge is 2.45. The minimum atomic E-state index is 0.234. The maximum Gasteiger partial charge on any atom is 0.223 e. The van der Waals surface area contributed by atoms with E-state index in [0.717, 1.165) is 39.1 Å². The van der Waals surface area contributed by atoms with Crippen molar-refractivity contribution in [3.8, 4) is 0 Å². The number of rotatable bonds is 4. The Morgan fingerprint density at radius 2 is 1.87 bits per heavy atom. The van der Waals surface area contributed by atoms with Crippen molar-refractivity contribution in [2.24, 2.45) is 0 Å². The highest BCUT2D eigenvalue weighted by atomic mass is 16.5. The molecule has 5 nitrogen and oxygen atoms in total. The quantitative estimate of drug-likeness (QED) is 0.783. The Labute approximate surface area is 179 Å². The van der Waals surface area contributed by atoms with Gasteiger partial charge in [-0.05, 0) is 66.4 Å². The Kier molecular flexibility index (Phi) is 5.57. The average Bonchev–Trinajstić information content (AvgIpc) is 3.10. The lowest BCUT2D eigenvalue weighted by Crippen LogP contribution is -2.42. The fourth-order valence-corrected chi connectivity index (χ4v) is 5.72. The van der Waals surface area contributed by atoms with Crippen molar-refractivity contribution in [2.45, 2.75) is 43.6 Å². The van der Waals surface area contributed by atoms with Crippen LogP contribution in [0, 0.1) is 0 Å². The second kappa shape index (κ2) is 8.48. The smallest absolute Gasteiger partial charge is 0.223 e. The van der Waals surface area contributed by atoms with Crippen LogP contribution in [0.25, 0.3) is 0 Å². The number of aromatic nitrogens is 1. The van der Waals surface area contributed by atoms with Gasteiger partial charge in [0.2, 0.25) is 5.91 Å². The maximum absolute atomic E-state index is 12.9. The molecule has 0 bridgehead atoms. The number of pyridine rings is 1. The van der Waals surface area contributed by atoms with Gasteiger partial charge in [-0.1, -0.05) is 30.3 Å². The third-order valence-electron chi connectivity index (χ3n) is 7.34. The minimum absolute atomic E-state index is 0.234. The number of piperidine rings is 1. The summed E-state index contributed by atoms with van der Waals surface area (Å²) in [6.07, 6.45) is 7.91. The van der Waals surface area contributed by atoms with E-state index >= 15 is 0 Å². The van der Waals surface area contributed by atoms with E-state index < -0.39 is 0 Å². The molecule has 5 heteroatoms. The van der Waals surface area contributed by atoms with Crippen LogP contribution in [0.5, 0.6) is 0 Å². The Morgan fingerprint density at radius 1 is 1.07 bits per heavy atom. The van der Waals surface area contributed by atoms with E-state index in [0.29, 0.717) is 31.5 Å². The number of benzene rings is 1. The minimum Gasteiger partial charge on any atom is -0.378 e. The fraction of sp³-hybridized carbons (Fsp3) is 0.520. The molecule has 1 aromatic carbocycles. The summed E-state index contributed by atoms with van der Waals surface area (Å²) in [5.74, 6) is 0.644. The number of morpholine rings is 1. The number of ether oxygens (including phenoxy) is 1. The van der Waals surface area contributed by atoms with Crippen molar-refractivity contribution < 1.29 is 9.53 Å². The standard InChI is InChI=1S/C25H31N3O2/c29-24(28-12-14-30-15-13-28)16-21-17-25(23-6-2-1-5-22(21)23)7-10-27(11-8-25)19-20-4-3-9-26-18-20/h1-6,9,18,21H,7-8,10-17,19H2/t21-/m0/s1. The molecule has 3 aliphatic rings. The van der Waals surface area contributed by atoms with E-state index in [1.54, 1.807) is 0 Å². The van der Waals surface area contributed by atoms with Crippen LogP contribution in [0.1, 0.15) is 48.3 Å². The molecule has 2 saturated heterocycles. The van der Waals surface area contributed by atoms with Gasteiger partial charge in [0.1, 0.15) is 0 Å². The Balaban J connectivity index is 1.28. The van der Waals surface area contributed by atoms with Gasteiger partial charge in [-0.15, -0.1) is 0 Å². The van der Waals surface area contributed by atoms with Crippen LogP contribution in [0.2, 0.25) is 0 Å². The van der Waals surface area contributed by atoms with Crippen molar-refractivity contribution in [1.82, 2.24) is 14.8 Å². The van der Waals surface area contributed by atoms with Crippen LogP contribution in [0.3, 0.4) is 0 Å². The number of fused-ring (bicyclic) bond motifs is 2. The molecule has 1 atom stereocenters. The third kappa shape index (κ3) is 3.88. The first-order chi connectivity index (χ1) is 14.7. The van der Waals surface area contributed by atoms with Crippen LogP contribution >= 0.6 is 0 Å². The molecule has 0 radical (unpaired) electrons. The third-order valence-corrected chi connectivity index (χ3v) is 7.34. The SMILES string of the molecule is O=C(C[C@H]1CC2(CCN(Cc3cccnc3)CC2)c2ccccc21)N1CCOCC1. The van der Waals surface area contributed by atoms with Gasteiger partial charge in [-0.25, -0.2) is 0 Å². The number of hydrogen-bond donors (Lipinski definition) is 0. The predicted molar refractivity (Wildman–Crippen MR) is 116 cm³/mol. The molecule has 0 saturated carbocycles. The Bertz CT molecular complexity index is 871. The zero-order valence-corrected chi connectivity index (χ0v) is 17.6. The molecule has 5 rings (SSSR count). The number of nitrogens with zero attached hydrogens (tertiary/aromatic N) is 3. The highest BCUT2D eigenvalue weighted by Crippen LogP contribution is 2.52. The molecule has 1 amide bonds. The van der Waals surface area contributed by atoms with E-state index in [1.807, 2.05) is 23.4 Å². The van der Waals surface area contributed by atoms with Gasteiger partial charge in [0, 0.05) is 38.4 Å². The highest BCUT2D eigenvalue weighted by molar-refractivity contribution is 5.77. The van der Waals surface area contributed by atoms with Crippen LogP contribution in [0.4, 0.5) is 0 Å². The van der Waals surface area contributed by atoms with Gasteiger partial charge in [0.25, 0.3) is 0 Å². The summed E-state index contributed by atoms with van der Waals surface area (Å²) in [5.41, 5.74) is 4.44. The molecule has 2 aromatic rings. The molecule has 30 heavy (non-hydrogen) atoms. The molecular formula is C25H31N3O2. The van der Waals surface area contributed by atoms with Crippen molar-refractivity contribution in [3.05, 3.63) is 65.5 Å². The second-order valence-corrected chi connectivity index (χ2v) is 9.10. The summed E-state index contributed by atoms with van der Waals surface area (Å²) < 4.78 is 5.42. The van der Waals surface area contributed by atoms with Crippen molar-refractivity contribution in [2.75, 3.05) is 39.4 Å². The first kappa shape index (κ1) is 19.7. The normalized spacial score (nSPS) is 23.5. The van der Waals surface area contributed by atoms with E-state index in [4.69, 9.17) is 4.74 Å². The first-order valence-corrected chi connectivity index (χ1v) is 11.3. The molecule has 2 aliphatic heterocycles. The van der Waals surface area contributed by atoms with Gasteiger partial charge in [-0.3, -0.25) is 14.7 Å². The second-order valence-electron chi connectivity index (χ2n) is 9.10. The lowest BCUT2D eigenvalue weighted by atomic mass is 9.73. The number of carbonyl (C=O) groups excluding carboxylic acids is 1. The van der Waals surface area contributed by atoms with Crippen LogP contribution in [-0.4, -0.2) is 60.1 Å². The number of likely N-dealkylation sites (tertiary alicyclic amines) is 1. The van der Waals surface area contributed by atoms with Crippen molar-refractivity contribution >= 4 is 5.91 Å². The van der Waals surface area contributed by atoms with Gasteiger partial charge in [0.15, 0.2) is 0 Å². The van der Waals surface area contributed by atoms with E-state index in [1.165, 1.54) is 29.5 Å². The van der Waals surface area contributed by atoms with Crippen LogP contribution < -0.4 is 0 Å². The fourth-order valence-electron chi connectivity index (χ4n) is 5.72. The molecule has 3 heterocycles. The number of carbonyl (C=O) groups is 1. The zero-order chi connectivity index (χ0) is 20.4. The molecule has 158 valence electrons. The van der Waals surface area contributed by atoms with Gasteiger partial charge < -0.3 is 9.64 Å². The molecular weight excluding hydrogens is 374 g/mol. The summed E-state index contributed by atoms with van der Waals surface area (Å²) >= 11 is 0. The van der Waals surface area contributed by atoms with Crippen LogP contribution in [0.15, 0.2) is 48.8 Å². The summed E-state index contributed by atoms with van der Waals surface area (Å²) in [7, 11) is 0. The molecule has 1 aromatic heterocycles. The molecule has 1 aliphatic carbocycles. The lowest BCUT2D eigenvalue weighted by molar-refractivity contribution is -0.135.